The first-order chi connectivity index (χ1) is 15.2. The van der Waals surface area contributed by atoms with Crippen molar-refractivity contribution in [2.75, 3.05) is 26.2 Å². The van der Waals surface area contributed by atoms with Crippen molar-refractivity contribution in [2.24, 2.45) is 5.73 Å². The van der Waals surface area contributed by atoms with Gasteiger partial charge in [-0.1, -0.05) is 0 Å². The number of amides is 3. The van der Waals surface area contributed by atoms with Gasteiger partial charge in [-0.2, -0.15) is 0 Å². The Hall–Kier alpha value is -3.47. The highest BCUT2D eigenvalue weighted by Gasteiger charge is 2.41. The van der Waals surface area contributed by atoms with Gasteiger partial charge in [0.1, 0.15) is 23.3 Å². The van der Waals surface area contributed by atoms with E-state index in [1.165, 1.54) is 0 Å². The average molecular weight is 452 g/mol. The highest BCUT2D eigenvalue weighted by Crippen LogP contribution is 2.22. The zero-order valence-electron chi connectivity index (χ0n) is 16.8. The summed E-state index contributed by atoms with van der Waals surface area (Å²) >= 11 is 0. The van der Waals surface area contributed by atoms with Crippen LogP contribution in [0.2, 0.25) is 0 Å². The fourth-order valence-electron chi connectivity index (χ4n) is 3.51. The van der Waals surface area contributed by atoms with Crippen LogP contribution < -0.4 is 11.1 Å². The van der Waals surface area contributed by atoms with Crippen molar-refractivity contribution >= 4 is 17.7 Å². The van der Waals surface area contributed by atoms with E-state index in [4.69, 9.17) is 5.73 Å². The van der Waals surface area contributed by atoms with Crippen LogP contribution in [0, 0.1) is 23.3 Å². The molecule has 7 nitrogen and oxygen atoms in total. The molecule has 1 aliphatic heterocycles. The number of hydrogen-bond donors (Lipinski definition) is 2. The lowest BCUT2D eigenvalue weighted by molar-refractivity contribution is -0.132. The van der Waals surface area contributed by atoms with Crippen LogP contribution >= 0.6 is 0 Å². The van der Waals surface area contributed by atoms with Crippen LogP contribution in [-0.4, -0.2) is 59.9 Å². The molecule has 3 N–H and O–H groups in total. The van der Waals surface area contributed by atoms with Gasteiger partial charge in [-0.25, -0.2) is 17.6 Å². The molecule has 11 heteroatoms. The zero-order chi connectivity index (χ0) is 23.4. The molecule has 0 radical (unpaired) electrons. The van der Waals surface area contributed by atoms with Gasteiger partial charge in [0, 0.05) is 49.4 Å². The number of nitrogens with two attached hydrogens (primary N) is 1. The Morgan fingerprint density at radius 2 is 1.22 bits per heavy atom. The Kier molecular flexibility index (Phi) is 7.08. The molecule has 0 aliphatic carbocycles. The van der Waals surface area contributed by atoms with Crippen molar-refractivity contribution in [3.8, 4) is 0 Å². The van der Waals surface area contributed by atoms with E-state index >= 15 is 0 Å². The van der Waals surface area contributed by atoms with E-state index in [9.17, 15) is 31.9 Å². The van der Waals surface area contributed by atoms with Crippen molar-refractivity contribution in [2.45, 2.75) is 12.6 Å². The second kappa shape index (κ2) is 9.77. The van der Waals surface area contributed by atoms with Gasteiger partial charge in [0.15, 0.2) is 6.17 Å². The van der Waals surface area contributed by atoms with E-state index in [-0.39, 0.29) is 43.7 Å². The van der Waals surface area contributed by atoms with Crippen LogP contribution in [0.5, 0.6) is 0 Å². The van der Waals surface area contributed by atoms with Crippen molar-refractivity contribution < 1.29 is 31.9 Å². The smallest absolute Gasteiger partial charge is 0.263 e. The number of carbonyl (C=O) groups excluding carboxylic acids is 3. The molecule has 3 amide bonds. The fraction of sp³-hybridized carbons (Fsp3) is 0.286. The number of benzene rings is 2. The summed E-state index contributed by atoms with van der Waals surface area (Å²) in [5.41, 5.74) is 4.69. The summed E-state index contributed by atoms with van der Waals surface area (Å²) in [6.45, 7) is 0.102. The summed E-state index contributed by atoms with van der Waals surface area (Å²) in [5, 5.41) is 2.47. The Labute approximate surface area is 180 Å². The Bertz CT molecular complexity index is 938. The standard InChI is InChI=1S/C21H20F4N4O3/c22-14-6-12(7-15(23)10-14)20(31)28-4-1-5-29(19(28)18(30)27-3-2-26)21(32)13-8-16(24)11-17(25)9-13/h6-11,19H,1-5,26H2,(H,27,30). The molecule has 0 bridgehead atoms. The van der Waals surface area contributed by atoms with Gasteiger partial charge >= 0.3 is 0 Å². The van der Waals surface area contributed by atoms with E-state index in [1.807, 2.05) is 0 Å². The number of hydrogen-bond acceptors (Lipinski definition) is 4. The molecule has 2 aromatic carbocycles. The molecule has 1 heterocycles. The van der Waals surface area contributed by atoms with Gasteiger partial charge in [0.05, 0.1) is 0 Å². The molecule has 32 heavy (non-hydrogen) atoms. The molecule has 1 fully saturated rings. The van der Waals surface area contributed by atoms with E-state index < -0.39 is 47.2 Å². The first-order valence-electron chi connectivity index (χ1n) is 9.73. The summed E-state index contributed by atoms with van der Waals surface area (Å²) in [4.78, 5) is 40.9. The van der Waals surface area contributed by atoms with Crippen molar-refractivity contribution in [1.29, 1.82) is 0 Å². The molecule has 1 aliphatic rings. The summed E-state index contributed by atoms with van der Waals surface area (Å²) in [6, 6.07) is 4.41. The molecule has 170 valence electrons. The largest absolute Gasteiger partial charge is 0.351 e. The van der Waals surface area contributed by atoms with Crippen molar-refractivity contribution in [3.63, 3.8) is 0 Å². The third-order valence-corrected chi connectivity index (χ3v) is 4.81. The van der Waals surface area contributed by atoms with Gasteiger partial charge in [-0.05, 0) is 30.7 Å². The number of halogens is 4. The summed E-state index contributed by atoms with van der Waals surface area (Å²) in [7, 11) is 0. The van der Waals surface area contributed by atoms with Crippen LogP contribution in [-0.2, 0) is 4.79 Å². The average Bonchev–Trinajstić information content (AvgIpc) is 2.74. The third kappa shape index (κ3) is 5.05. The number of carbonyl (C=O) groups is 3. The lowest BCUT2D eigenvalue weighted by atomic mass is 10.1. The number of nitrogens with zero attached hydrogens (tertiary/aromatic N) is 2. The van der Waals surface area contributed by atoms with Crippen LogP contribution in [0.3, 0.4) is 0 Å². The zero-order valence-corrected chi connectivity index (χ0v) is 16.8. The molecule has 0 unspecified atom stereocenters. The fourth-order valence-corrected chi connectivity index (χ4v) is 3.51. The second-order valence-electron chi connectivity index (χ2n) is 7.12. The minimum atomic E-state index is -1.52. The predicted octanol–water partition coefficient (Wildman–Crippen LogP) is 1.63. The molecule has 0 atom stereocenters. The lowest BCUT2D eigenvalue weighted by Gasteiger charge is -2.42. The minimum absolute atomic E-state index is 0.00102. The van der Waals surface area contributed by atoms with Crippen LogP contribution in [0.25, 0.3) is 0 Å². The van der Waals surface area contributed by atoms with Gasteiger partial charge in [-0.3, -0.25) is 14.4 Å². The van der Waals surface area contributed by atoms with E-state index in [0.717, 1.165) is 34.1 Å². The normalized spacial score (nSPS) is 14.4. The van der Waals surface area contributed by atoms with E-state index in [0.29, 0.717) is 12.1 Å². The van der Waals surface area contributed by atoms with Crippen LogP contribution in [0.1, 0.15) is 27.1 Å². The highest BCUT2D eigenvalue weighted by atomic mass is 19.1. The lowest BCUT2D eigenvalue weighted by Crippen LogP contribution is -2.63. The molecule has 0 saturated carbocycles. The van der Waals surface area contributed by atoms with Crippen LogP contribution in [0.15, 0.2) is 36.4 Å². The summed E-state index contributed by atoms with van der Waals surface area (Å²) in [5.74, 6) is -6.50. The molecule has 3 rings (SSSR count). The topological polar surface area (TPSA) is 95.7 Å². The molecular formula is C21H20F4N4O3. The van der Waals surface area contributed by atoms with Crippen LogP contribution in [0.4, 0.5) is 17.6 Å². The SMILES string of the molecule is NCCNC(=O)C1N(C(=O)c2cc(F)cc(F)c2)CCCN1C(=O)c1cc(F)cc(F)c1. The maximum atomic E-state index is 13.6. The highest BCUT2D eigenvalue weighted by molar-refractivity contribution is 6.01. The molecule has 1 saturated heterocycles. The van der Waals surface area contributed by atoms with Gasteiger partial charge < -0.3 is 20.9 Å². The number of nitrogens with one attached hydrogen (secondary N) is 1. The maximum absolute atomic E-state index is 13.6. The van der Waals surface area contributed by atoms with Gasteiger partial charge in [0.25, 0.3) is 17.7 Å². The monoisotopic (exact) mass is 452 g/mol. The molecule has 0 spiro atoms. The summed E-state index contributed by atoms with van der Waals surface area (Å²) in [6.07, 6.45) is -1.30. The predicted molar refractivity (Wildman–Crippen MR) is 105 cm³/mol. The second-order valence-corrected chi connectivity index (χ2v) is 7.12. The quantitative estimate of drug-likeness (QED) is 0.675. The Morgan fingerprint density at radius 1 is 0.812 bits per heavy atom. The molecular weight excluding hydrogens is 432 g/mol. The summed E-state index contributed by atoms with van der Waals surface area (Å²) < 4.78 is 54.6. The number of rotatable bonds is 5. The van der Waals surface area contributed by atoms with Crippen molar-refractivity contribution in [3.05, 3.63) is 70.8 Å². The van der Waals surface area contributed by atoms with E-state index in [2.05, 4.69) is 5.32 Å². The third-order valence-electron chi connectivity index (χ3n) is 4.81. The van der Waals surface area contributed by atoms with E-state index in [1.54, 1.807) is 0 Å². The molecule has 0 aromatic heterocycles. The maximum Gasteiger partial charge on any atom is 0.263 e. The van der Waals surface area contributed by atoms with Gasteiger partial charge in [-0.15, -0.1) is 0 Å². The van der Waals surface area contributed by atoms with Crippen molar-refractivity contribution in [1.82, 2.24) is 15.1 Å². The minimum Gasteiger partial charge on any atom is -0.351 e. The first kappa shape index (κ1) is 23.2. The van der Waals surface area contributed by atoms with Gasteiger partial charge in [0.2, 0.25) is 0 Å². The first-order valence-corrected chi connectivity index (χ1v) is 9.73. The Balaban J connectivity index is 1.99. The molecule has 2 aromatic rings. The Morgan fingerprint density at radius 3 is 1.59 bits per heavy atom.